The molecule has 3 heterocycles. The van der Waals surface area contributed by atoms with Crippen LogP contribution in [-0.4, -0.2) is 20.6 Å². The Balaban J connectivity index is 1.56. The van der Waals surface area contributed by atoms with E-state index in [1.165, 1.54) is 56.3 Å². The Morgan fingerprint density at radius 1 is 1.14 bits per heavy atom. The van der Waals surface area contributed by atoms with Gasteiger partial charge in [0.25, 0.3) is 0 Å². The molecule has 0 spiro atoms. The van der Waals surface area contributed by atoms with Crippen molar-refractivity contribution in [2.24, 2.45) is 5.92 Å². The Bertz CT molecular complexity index is 658. The molecule has 110 valence electrons. The lowest BCUT2D eigenvalue weighted by Crippen LogP contribution is -2.31. The predicted molar refractivity (Wildman–Crippen MR) is 82.0 cm³/mol. The van der Waals surface area contributed by atoms with Crippen molar-refractivity contribution in [1.82, 2.24) is 19.9 Å². The highest BCUT2D eigenvalue weighted by molar-refractivity contribution is 5.75. The third-order valence-corrected chi connectivity index (χ3v) is 5.61. The van der Waals surface area contributed by atoms with E-state index < -0.39 is 0 Å². The van der Waals surface area contributed by atoms with Crippen LogP contribution in [0.4, 0.5) is 0 Å². The van der Waals surface area contributed by atoms with E-state index in [0.29, 0.717) is 12.1 Å². The molecule has 2 aromatic heterocycles. The zero-order valence-electron chi connectivity index (χ0n) is 12.3. The molecule has 5 rings (SSSR count). The summed E-state index contributed by atoms with van der Waals surface area (Å²) in [6.45, 7) is 0. The van der Waals surface area contributed by atoms with Gasteiger partial charge in [0.15, 0.2) is 0 Å². The number of imidazole rings is 1. The molecule has 1 saturated heterocycles. The number of hydrogen-bond donors (Lipinski definition) is 1. The molecule has 0 radical (unpaired) electrons. The molecular weight excluding hydrogens is 260 g/mol. The summed E-state index contributed by atoms with van der Waals surface area (Å²) in [6, 6.07) is 3.99. The van der Waals surface area contributed by atoms with Gasteiger partial charge in [-0.15, -0.1) is 0 Å². The number of fused-ring (bicyclic) bond motifs is 2. The Labute approximate surface area is 125 Å². The van der Waals surface area contributed by atoms with Crippen molar-refractivity contribution in [1.29, 1.82) is 0 Å². The minimum Gasteiger partial charge on any atom is -0.323 e. The average Bonchev–Trinajstić information content (AvgIpc) is 3.14. The van der Waals surface area contributed by atoms with E-state index in [1.54, 1.807) is 0 Å². The quantitative estimate of drug-likeness (QED) is 0.918. The molecule has 1 N–H and O–H groups in total. The normalized spacial score (nSPS) is 32.5. The Morgan fingerprint density at radius 2 is 2.05 bits per heavy atom. The van der Waals surface area contributed by atoms with Crippen molar-refractivity contribution in [2.45, 2.75) is 63.1 Å². The fourth-order valence-electron chi connectivity index (χ4n) is 4.45. The molecular formula is C17H22N4. The zero-order valence-corrected chi connectivity index (χ0v) is 12.3. The van der Waals surface area contributed by atoms with Gasteiger partial charge in [0.2, 0.25) is 0 Å². The lowest BCUT2D eigenvalue weighted by molar-refractivity contribution is 0.325. The van der Waals surface area contributed by atoms with Gasteiger partial charge in [0.1, 0.15) is 11.3 Å². The first-order chi connectivity index (χ1) is 10.4. The molecule has 4 heteroatoms. The van der Waals surface area contributed by atoms with Crippen LogP contribution >= 0.6 is 0 Å². The van der Waals surface area contributed by atoms with Crippen LogP contribution < -0.4 is 5.32 Å². The second kappa shape index (κ2) is 4.54. The topological polar surface area (TPSA) is 42.7 Å². The summed E-state index contributed by atoms with van der Waals surface area (Å²) >= 11 is 0. The maximum absolute atomic E-state index is 4.95. The van der Waals surface area contributed by atoms with Crippen LogP contribution in [0.2, 0.25) is 0 Å². The van der Waals surface area contributed by atoms with Crippen molar-refractivity contribution in [3.8, 4) is 0 Å². The van der Waals surface area contributed by atoms with Crippen LogP contribution in [0.25, 0.3) is 11.0 Å². The molecule has 3 fully saturated rings. The highest BCUT2D eigenvalue weighted by Gasteiger charge is 2.39. The summed E-state index contributed by atoms with van der Waals surface area (Å²) in [5.74, 6) is 2.14. The number of nitrogens with one attached hydrogen (secondary N) is 1. The van der Waals surface area contributed by atoms with E-state index in [9.17, 15) is 0 Å². The monoisotopic (exact) mass is 282 g/mol. The maximum atomic E-state index is 4.95. The fraction of sp³-hybridized carbons (Fsp3) is 0.647. The first-order valence-corrected chi connectivity index (χ1v) is 8.48. The Kier molecular flexibility index (Phi) is 2.63. The lowest BCUT2D eigenvalue weighted by Gasteiger charge is -2.24. The molecule has 2 saturated carbocycles. The highest BCUT2D eigenvalue weighted by atomic mass is 15.2. The van der Waals surface area contributed by atoms with Crippen LogP contribution in [0.15, 0.2) is 18.5 Å². The predicted octanol–water partition coefficient (Wildman–Crippen LogP) is 3.36. The Hall–Kier alpha value is -1.42. The van der Waals surface area contributed by atoms with E-state index in [1.807, 2.05) is 12.4 Å². The van der Waals surface area contributed by atoms with Gasteiger partial charge in [-0.05, 0) is 44.1 Å². The third kappa shape index (κ3) is 1.92. The van der Waals surface area contributed by atoms with Crippen molar-refractivity contribution in [3.63, 3.8) is 0 Å². The molecule has 21 heavy (non-hydrogen) atoms. The van der Waals surface area contributed by atoms with E-state index >= 15 is 0 Å². The van der Waals surface area contributed by atoms with Crippen LogP contribution in [0.3, 0.4) is 0 Å². The third-order valence-electron chi connectivity index (χ3n) is 5.61. The molecule has 3 aliphatic rings. The SMILES string of the molecule is c1cc2c(cn1)nc(C1CC3CCCCC3N1)n2C1CC1. The van der Waals surface area contributed by atoms with E-state index in [2.05, 4.69) is 20.9 Å². The largest absolute Gasteiger partial charge is 0.323 e. The van der Waals surface area contributed by atoms with Crippen molar-refractivity contribution in [2.75, 3.05) is 0 Å². The first kappa shape index (κ1) is 12.2. The van der Waals surface area contributed by atoms with E-state index in [-0.39, 0.29) is 0 Å². The zero-order chi connectivity index (χ0) is 13.8. The van der Waals surface area contributed by atoms with Gasteiger partial charge in [0.05, 0.1) is 17.8 Å². The number of aromatic nitrogens is 3. The van der Waals surface area contributed by atoms with Crippen molar-refractivity contribution >= 4 is 11.0 Å². The Morgan fingerprint density at radius 3 is 2.90 bits per heavy atom. The molecule has 0 bridgehead atoms. The number of hydrogen-bond acceptors (Lipinski definition) is 3. The lowest BCUT2D eigenvalue weighted by atomic mass is 9.85. The van der Waals surface area contributed by atoms with Gasteiger partial charge >= 0.3 is 0 Å². The summed E-state index contributed by atoms with van der Waals surface area (Å²) in [5.41, 5.74) is 2.34. The van der Waals surface area contributed by atoms with Gasteiger partial charge in [-0.1, -0.05) is 12.8 Å². The second-order valence-electron chi connectivity index (χ2n) is 7.04. The number of nitrogens with zero attached hydrogens (tertiary/aromatic N) is 3. The van der Waals surface area contributed by atoms with Gasteiger partial charge in [-0.25, -0.2) is 4.98 Å². The molecule has 3 atom stereocenters. The van der Waals surface area contributed by atoms with Gasteiger partial charge in [-0.2, -0.15) is 0 Å². The first-order valence-electron chi connectivity index (χ1n) is 8.48. The number of rotatable bonds is 2. The summed E-state index contributed by atoms with van der Waals surface area (Å²) in [6.07, 6.45) is 13.3. The molecule has 2 aromatic rings. The van der Waals surface area contributed by atoms with Gasteiger partial charge in [0, 0.05) is 18.3 Å². The summed E-state index contributed by atoms with van der Waals surface area (Å²) in [7, 11) is 0. The van der Waals surface area contributed by atoms with Crippen LogP contribution in [-0.2, 0) is 0 Å². The molecule has 3 unspecified atom stereocenters. The maximum Gasteiger partial charge on any atom is 0.127 e. The summed E-state index contributed by atoms with van der Waals surface area (Å²) in [4.78, 5) is 9.20. The van der Waals surface area contributed by atoms with Crippen LogP contribution in [0.5, 0.6) is 0 Å². The minimum atomic E-state index is 0.450. The molecule has 4 nitrogen and oxygen atoms in total. The second-order valence-corrected chi connectivity index (χ2v) is 7.04. The van der Waals surface area contributed by atoms with Gasteiger partial charge < -0.3 is 9.88 Å². The standard InChI is InChI=1S/C17H22N4/c1-2-4-13-11(3-1)9-14(19-13)17-20-15-10-18-8-7-16(15)21(17)12-5-6-12/h7-8,10-14,19H,1-6,9H2. The fourth-order valence-corrected chi connectivity index (χ4v) is 4.45. The molecule has 2 aliphatic carbocycles. The summed E-state index contributed by atoms with van der Waals surface area (Å²) in [5, 5.41) is 3.89. The highest BCUT2D eigenvalue weighted by Crippen LogP contribution is 2.44. The smallest absolute Gasteiger partial charge is 0.127 e. The molecule has 1 aliphatic heterocycles. The number of pyridine rings is 1. The minimum absolute atomic E-state index is 0.450. The van der Waals surface area contributed by atoms with Crippen LogP contribution in [0.1, 0.15) is 62.9 Å². The van der Waals surface area contributed by atoms with Gasteiger partial charge in [-0.3, -0.25) is 4.98 Å². The van der Waals surface area contributed by atoms with Crippen LogP contribution in [0, 0.1) is 5.92 Å². The summed E-state index contributed by atoms with van der Waals surface area (Å²) < 4.78 is 2.51. The van der Waals surface area contributed by atoms with E-state index in [0.717, 1.165) is 17.5 Å². The molecule has 0 amide bonds. The van der Waals surface area contributed by atoms with Crippen molar-refractivity contribution in [3.05, 3.63) is 24.3 Å². The van der Waals surface area contributed by atoms with E-state index in [4.69, 9.17) is 4.98 Å². The van der Waals surface area contributed by atoms with Crippen molar-refractivity contribution < 1.29 is 0 Å². The molecule has 0 aromatic carbocycles. The average molecular weight is 282 g/mol.